The lowest BCUT2D eigenvalue weighted by molar-refractivity contribution is 0.444. The number of rotatable bonds is 3. The van der Waals surface area contributed by atoms with E-state index in [0.29, 0.717) is 5.16 Å². The number of aryl methyl sites for hydroxylation is 2. The van der Waals surface area contributed by atoms with E-state index in [4.69, 9.17) is 0 Å². The summed E-state index contributed by atoms with van der Waals surface area (Å²) in [4.78, 5) is 12.4. The fourth-order valence-corrected chi connectivity index (χ4v) is 2.15. The molecule has 5 heteroatoms. The first-order valence-corrected chi connectivity index (χ1v) is 6.21. The summed E-state index contributed by atoms with van der Waals surface area (Å²) in [5.41, 5.74) is 2.88. The molecule has 0 radical (unpaired) electrons. The van der Waals surface area contributed by atoms with Gasteiger partial charge in [-0.2, -0.15) is 4.98 Å². The lowest BCUT2D eigenvalue weighted by Gasteiger charge is -2.02. The van der Waals surface area contributed by atoms with Gasteiger partial charge in [0.1, 0.15) is 0 Å². The van der Waals surface area contributed by atoms with Crippen LogP contribution in [0.15, 0.2) is 29.6 Å². The standard InChI is InChI=1S/C12H13N3OS/c1-8-3-4-10(6-13-8)7-17-12-14-9(2)5-11(16)15-12/h3-6H,7H2,1-2H3,(H,14,15,16). The van der Waals surface area contributed by atoms with Crippen LogP contribution in [0.3, 0.4) is 0 Å². The lowest BCUT2D eigenvalue weighted by Crippen LogP contribution is -1.91. The summed E-state index contributed by atoms with van der Waals surface area (Å²) in [5, 5.41) is 9.94. The molecular weight excluding hydrogens is 234 g/mol. The number of thioether (sulfide) groups is 1. The Kier molecular flexibility index (Phi) is 3.58. The van der Waals surface area contributed by atoms with Crippen LogP contribution in [0.5, 0.6) is 5.88 Å². The third-order valence-electron chi connectivity index (χ3n) is 2.16. The van der Waals surface area contributed by atoms with Gasteiger partial charge in [-0.05, 0) is 25.5 Å². The maximum atomic E-state index is 9.35. The number of aromatic nitrogens is 3. The molecule has 1 N–H and O–H groups in total. The number of pyridine rings is 1. The molecule has 0 fully saturated rings. The predicted octanol–water partition coefficient (Wildman–Crippen LogP) is 2.49. The van der Waals surface area contributed by atoms with E-state index in [9.17, 15) is 5.11 Å². The van der Waals surface area contributed by atoms with Crippen LogP contribution in [-0.4, -0.2) is 20.1 Å². The highest BCUT2D eigenvalue weighted by Crippen LogP contribution is 2.21. The summed E-state index contributed by atoms with van der Waals surface area (Å²) in [6.45, 7) is 3.79. The first-order chi connectivity index (χ1) is 8.13. The van der Waals surface area contributed by atoms with Crippen molar-refractivity contribution in [2.24, 2.45) is 0 Å². The third kappa shape index (κ3) is 3.42. The minimum atomic E-state index is 0.0158. The van der Waals surface area contributed by atoms with E-state index in [0.717, 1.165) is 22.7 Å². The van der Waals surface area contributed by atoms with Crippen LogP contribution >= 0.6 is 11.8 Å². The summed E-state index contributed by atoms with van der Waals surface area (Å²) in [6.07, 6.45) is 1.85. The fraction of sp³-hybridized carbons (Fsp3) is 0.250. The Balaban J connectivity index is 2.04. The zero-order valence-electron chi connectivity index (χ0n) is 9.71. The SMILES string of the molecule is Cc1ccc(CSc2nc(C)cc(O)n2)cn1. The summed E-state index contributed by atoms with van der Waals surface area (Å²) in [7, 11) is 0. The van der Waals surface area contributed by atoms with Gasteiger partial charge in [-0.1, -0.05) is 17.8 Å². The van der Waals surface area contributed by atoms with E-state index in [1.807, 2.05) is 32.2 Å². The van der Waals surface area contributed by atoms with Crippen molar-refractivity contribution in [3.63, 3.8) is 0 Å². The number of hydrogen-bond donors (Lipinski definition) is 1. The Morgan fingerprint density at radius 2 is 2.00 bits per heavy atom. The summed E-state index contributed by atoms with van der Waals surface area (Å²) < 4.78 is 0. The monoisotopic (exact) mass is 247 g/mol. The van der Waals surface area contributed by atoms with E-state index in [2.05, 4.69) is 15.0 Å². The van der Waals surface area contributed by atoms with Gasteiger partial charge < -0.3 is 5.11 Å². The Bertz CT molecular complexity index is 493. The molecule has 2 aromatic heterocycles. The van der Waals surface area contributed by atoms with Gasteiger partial charge in [-0.15, -0.1) is 0 Å². The van der Waals surface area contributed by atoms with Crippen LogP contribution in [0, 0.1) is 13.8 Å². The first-order valence-electron chi connectivity index (χ1n) is 5.22. The molecule has 0 saturated heterocycles. The largest absolute Gasteiger partial charge is 0.493 e. The van der Waals surface area contributed by atoms with E-state index in [1.165, 1.54) is 17.8 Å². The van der Waals surface area contributed by atoms with E-state index < -0.39 is 0 Å². The number of nitrogens with zero attached hydrogens (tertiary/aromatic N) is 3. The van der Waals surface area contributed by atoms with Gasteiger partial charge in [-0.25, -0.2) is 4.98 Å². The Morgan fingerprint density at radius 3 is 2.65 bits per heavy atom. The van der Waals surface area contributed by atoms with Gasteiger partial charge >= 0.3 is 0 Å². The van der Waals surface area contributed by atoms with Crippen LogP contribution in [0.25, 0.3) is 0 Å². The highest BCUT2D eigenvalue weighted by molar-refractivity contribution is 7.98. The zero-order chi connectivity index (χ0) is 12.3. The van der Waals surface area contributed by atoms with E-state index in [1.54, 1.807) is 0 Å². The quantitative estimate of drug-likeness (QED) is 0.667. The van der Waals surface area contributed by atoms with Crippen molar-refractivity contribution in [2.75, 3.05) is 0 Å². The molecule has 0 aliphatic heterocycles. The van der Waals surface area contributed by atoms with Crippen LogP contribution in [0.2, 0.25) is 0 Å². The topological polar surface area (TPSA) is 58.9 Å². The normalized spacial score (nSPS) is 10.5. The Hall–Kier alpha value is -1.62. The molecule has 0 spiro atoms. The third-order valence-corrected chi connectivity index (χ3v) is 3.08. The van der Waals surface area contributed by atoms with Crippen LogP contribution < -0.4 is 0 Å². The van der Waals surface area contributed by atoms with Gasteiger partial charge in [0.15, 0.2) is 5.16 Å². The molecule has 0 unspecified atom stereocenters. The van der Waals surface area contributed by atoms with Gasteiger partial charge in [0.2, 0.25) is 5.88 Å². The second kappa shape index (κ2) is 5.14. The summed E-state index contributed by atoms with van der Waals surface area (Å²) in [5.74, 6) is 0.762. The number of hydrogen-bond acceptors (Lipinski definition) is 5. The van der Waals surface area contributed by atoms with Gasteiger partial charge in [0.05, 0.1) is 0 Å². The maximum Gasteiger partial charge on any atom is 0.215 e. The minimum Gasteiger partial charge on any atom is -0.493 e. The first kappa shape index (κ1) is 11.9. The Labute approximate surface area is 104 Å². The molecule has 0 atom stereocenters. The van der Waals surface area contributed by atoms with Crippen molar-refractivity contribution >= 4 is 11.8 Å². The molecule has 0 aliphatic carbocycles. The summed E-state index contributed by atoms with van der Waals surface area (Å²) >= 11 is 1.49. The molecule has 88 valence electrons. The molecule has 0 amide bonds. The molecule has 2 heterocycles. The van der Waals surface area contributed by atoms with Crippen LogP contribution in [-0.2, 0) is 5.75 Å². The zero-order valence-corrected chi connectivity index (χ0v) is 10.5. The molecule has 17 heavy (non-hydrogen) atoms. The van der Waals surface area contributed by atoms with Gasteiger partial charge in [0, 0.05) is 29.4 Å². The highest BCUT2D eigenvalue weighted by Gasteiger charge is 2.02. The maximum absolute atomic E-state index is 9.35. The smallest absolute Gasteiger partial charge is 0.215 e. The van der Waals surface area contributed by atoms with Crippen molar-refractivity contribution in [1.29, 1.82) is 0 Å². The van der Waals surface area contributed by atoms with Gasteiger partial charge in [-0.3, -0.25) is 4.98 Å². The average molecular weight is 247 g/mol. The number of aromatic hydroxyl groups is 1. The molecule has 0 aromatic carbocycles. The second-order valence-corrected chi connectivity index (χ2v) is 4.69. The van der Waals surface area contributed by atoms with Crippen molar-refractivity contribution in [1.82, 2.24) is 15.0 Å². The summed E-state index contributed by atoms with van der Waals surface area (Å²) in [6, 6.07) is 5.55. The second-order valence-electron chi connectivity index (χ2n) is 3.75. The molecular formula is C12H13N3OS. The molecule has 4 nitrogen and oxygen atoms in total. The van der Waals surface area contributed by atoms with Gasteiger partial charge in [0.25, 0.3) is 0 Å². The van der Waals surface area contributed by atoms with Crippen LogP contribution in [0.4, 0.5) is 0 Å². The lowest BCUT2D eigenvalue weighted by atomic mass is 10.3. The van der Waals surface area contributed by atoms with Crippen LogP contribution in [0.1, 0.15) is 17.0 Å². The fourth-order valence-electron chi connectivity index (χ4n) is 1.32. The predicted molar refractivity (Wildman–Crippen MR) is 67.0 cm³/mol. The highest BCUT2D eigenvalue weighted by atomic mass is 32.2. The van der Waals surface area contributed by atoms with Crippen molar-refractivity contribution in [3.8, 4) is 5.88 Å². The molecule has 2 aromatic rings. The van der Waals surface area contributed by atoms with E-state index >= 15 is 0 Å². The Morgan fingerprint density at radius 1 is 1.18 bits per heavy atom. The minimum absolute atomic E-state index is 0.0158. The molecule has 0 aliphatic rings. The van der Waals surface area contributed by atoms with Crippen molar-refractivity contribution < 1.29 is 5.11 Å². The van der Waals surface area contributed by atoms with Crippen molar-refractivity contribution in [3.05, 3.63) is 41.3 Å². The molecule has 2 rings (SSSR count). The molecule has 0 saturated carbocycles. The molecule has 0 bridgehead atoms. The van der Waals surface area contributed by atoms with Crippen molar-refractivity contribution in [2.45, 2.75) is 24.8 Å². The van der Waals surface area contributed by atoms with E-state index in [-0.39, 0.29) is 5.88 Å². The average Bonchev–Trinajstić information content (AvgIpc) is 2.27.